The van der Waals surface area contributed by atoms with Gasteiger partial charge in [-0.05, 0) is 25.8 Å². The number of nitrogens with two attached hydrogens (primary N) is 1. The van der Waals surface area contributed by atoms with Crippen LogP contribution in [0.4, 0.5) is 0 Å². The minimum atomic E-state index is 0.0967. The second-order valence-corrected chi connectivity index (χ2v) is 4.28. The molecule has 2 N–H and O–H groups in total. The predicted octanol–water partition coefficient (Wildman–Crippen LogP) is 2.41. The lowest BCUT2D eigenvalue weighted by atomic mass is 9.95. The number of hydrogen-bond acceptors (Lipinski definition) is 2. The maximum Gasteiger partial charge on any atom is 0.0551 e. The highest BCUT2D eigenvalue weighted by Crippen LogP contribution is 2.29. The fourth-order valence-electron chi connectivity index (χ4n) is 2.32. The summed E-state index contributed by atoms with van der Waals surface area (Å²) in [6.45, 7) is 2.02. The first-order valence-corrected chi connectivity index (χ1v) is 5.58. The Bertz CT molecular complexity index is 284. The smallest absolute Gasteiger partial charge is 0.0551 e. The van der Waals surface area contributed by atoms with E-state index in [1.165, 1.54) is 37.8 Å². The molecule has 1 fully saturated rings. The molecule has 1 heterocycles. The summed E-state index contributed by atoms with van der Waals surface area (Å²) in [5.41, 5.74) is 7.08. The zero-order chi connectivity index (χ0) is 9.97. The predicted molar refractivity (Wildman–Crippen MR) is 57.0 cm³/mol. The summed E-state index contributed by atoms with van der Waals surface area (Å²) in [6.07, 6.45) is 8.45. The third kappa shape index (κ3) is 1.82. The largest absolute Gasteiger partial charge is 0.323 e. The monoisotopic (exact) mass is 193 g/mol. The van der Waals surface area contributed by atoms with E-state index in [1.807, 2.05) is 19.2 Å². The molecule has 2 rings (SSSR count). The van der Waals surface area contributed by atoms with Crippen LogP contribution in [0, 0.1) is 0 Å². The maximum atomic E-state index is 5.90. The van der Waals surface area contributed by atoms with Crippen LogP contribution in [-0.2, 0) is 0 Å². The van der Waals surface area contributed by atoms with Crippen molar-refractivity contribution in [1.29, 1.82) is 0 Å². The van der Waals surface area contributed by atoms with E-state index in [0.29, 0.717) is 6.04 Å². The summed E-state index contributed by atoms with van der Waals surface area (Å²) in [4.78, 5) is 0. The highest BCUT2D eigenvalue weighted by molar-refractivity contribution is 5.06. The Morgan fingerprint density at radius 2 is 2.14 bits per heavy atom. The van der Waals surface area contributed by atoms with Crippen molar-refractivity contribution in [3.63, 3.8) is 0 Å². The summed E-state index contributed by atoms with van der Waals surface area (Å²) in [5, 5.41) is 4.40. The molecule has 3 nitrogen and oxygen atoms in total. The fraction of sp³-hybridized carbons (Fsp3) is 0.727. The van der Waals surface area contributed by atoms with Crippen molar-refractivity contribution in [2.45, 2.75) is 51.1 Å². The minimum Gasteiger partial charge on any atom is -0.323 e. The summed E-state index contributed by atoms with van der Waals surface area (Å²) >= 11 is 0. The van der Waals surface area contributed by atoms with E-state index in [2.05, 4.69) is 9.78 Å². The topological polar surface area (TPSA) is 43.8 Å². The van der Waals surface area contributed by atoms with Gasteiger partial charge in [-0.25, -0.2) is 0 Å². The maximum absolute atomic E-state index is 5.90. The highest BCUT2D eigenvalue weighted by Gasteiger charge is 2.19. The van der Waals surface area contributed by atoms with E-state index in [1.54, 1.807) is 0 Å². The van der Waals surface area contributed by atoms with Crippen LogP contribution >= 0.6 is 0 Å². The molecule has 1 saturated carbocycles. The lowest BCUT2D eigenvalue weighted by Crippen LogP contribution is -2.20. The zero-order valence-electron chi connectivity index (χ0n) is 8.82. The molecule has 0 amide bonds. The molecule has 0 aromatic carbocycles. The lowest BCUT2D eigenvalue weighted by molar-refractivity contribution is 0.318. The van der Waals surface area contributed by atoms with Crippen LogP contribution in [0.3, 0.4) is 0 Å². The average molecular weight is 193 g/mol. The van der Waals surface area contributed by atoms with Gasteiger partial charge in [-0.3, -0.25) is 4.68 Å². The Hall–Kier alpha value is -0.830. The molecule has 78 valence electrons. The first-order valence-electron chi connectivity index (χ1n) is 5.58. The number of rotatable bonds is 2. The summed E-state index contributed by atoms with van der Waals surface area (Å²) in [5.74, 6) is 0. The quantitative estimate of drug-likeness (QED) is 0.783. The summed E-state index contributed by atoms with van der Waals surface area (Å²) in [7, 11) is 0. The van der Waals surface area contributed by atoms with Gasteiger partial charge < -0.3 is 5.73 Å². The van der Waals surface area contributed by atoms with Crippen LogP contribution in [0.5, 0.6) is 0 Å². The van der Waals surface area contributed by atoms with E-state index in [4.69, 9.17) is 5.73 Å². The number of aromatic nitrogens is 2. The van der Waals surface area contributed by atoms with Crippen molar-refractivity contribution in [1.82, 2.24) is 9.78 Å². The molecule has 1 atom stereocenters. The van der Waals surface area contributed by atoms with Gasteiger partial charge in [-0.15, -0.1) is 0 Å². The van der Waals surface area contributed by atoms with Gasteiger partial charge in [0.15, 0.2) is 0 Å². The third-order valence-electron chi connectivity index (χ3n) is 3.09. The van der Waals surface area contributed by atoms with Crippen molar-refractivity contribution in [3.05, 3.63) is 18.0 Å². The number of nitrogens with zero attached hydrogens (tertiary/aromatic N) is 2. The molecule has 0 bridgehead atoms. The van der Waals surface area contributed by atoms with E-state index < -0.39 is 0 Å². The van der Waals surface area contributed by atoms with Crippen LogP contribution < -0.4 is 5.73 Å². The van der Waals surface area contributed by atoms with Crippen molar-refractivity contribution in [2.24, 2.45) is 5.73 Å². The third-order valence-corrected chi connectivity index (χ3v) is 3.09. The Kier molecular flexibility index (Phi) is 2.87. The Morgan fingerprint density at radius 1 is 1.43 bits per heavy atom. The van der Waals surface area contributed by atoms with Crippen LogP contribution in [0.15, 0.2) is 12.3 Å². The molecule has 1 unspecified atom stereocenters. The summed E-state index contributed by atoms with van der Waals surface area (Å²) in [6, 6.07) is 2.73. The molecule has 1 aromatic heterocycles. The molecular weight excluding hydrogens is 174 g/mol. The van der Waals surface area contributed by atoms with E-state index in [0.717, 1.165) is 0 Å². The molecule has 1 aliphatic carbocycles. The Morgan fingerprint density at radius 3 is 2.79 bits per heavy atom. The van der Waals surface area contributed by atoms with Crippen LogP contribution in [0.25, 0.3) is 0 Å². The normalized spacial score (nSPS) is 21.0. The highest BCUT2D eigenvalue weighted by atomic mass is 15.3. The molecule has 3 heteroatoms. The van der Waals surface area contributed by atoms with Crippen LogP contribution in [0.2, 0.25) is 0 Å². The molecule has 0 aliphatic heterocycles. The van der Waals surface area contributed by atoms with Gasteiger partial charge in [0.25, 0.3) is 0 Å². The molecule has 0 radical (unpaired) electrons. The second-order valence-electron chi connectivity index (χ2n) is 4.28. The van der Waals surface area contributed by atoms with E-state index in [9.17, 15) is 0 Å². The lowest BCUT2D eigenvalue weighted by Gasteiger charge is -2.24. The van der Waals surface area contributed by atoms with Gasteiger partial charge >= 0.3 is 0 Å². The zero-order valence-corrected chi connectivity index (χ0v) is 8.82. The molecule has 1 aliphatic rings. The molecule has 14 heavy (non-hydrogen) atoms. The molecule has 0 spiro atoms. The number of hydrogen-bond donors (Lipinski definition) is 1. The van der Waals surface area contributed by atoms with Crippen molar-refractivity contribution in [2.75, 3.05) is 0 Å². The van der Waals surface area contributed by atoms with Gasteiger partial charge in [0, 0.05) is 12.2 Å². The average Bonchev–Trinajstić information content (AvgIpc) is 2.67. The van der Waals surface area contributed by atoms with Crippen LogP contribution in [-0.4, -0.2) is 9.78 Å². The molecule has 0 saturated heterocycles. The van der Waals surface area contributed by atoms with Gasteiger partial charge in [0.05, 0.1) is 11.7 Å². The van der Waals surface area contributed by atoms with E-state index >= 15 is 0 Å². The standard InChI is InChI=1S/C11H19N3/c1-9(12)11-7-8-13-14(11)10-5-3-2-4-6-10/h7-10H,2-6,12H2,1H3. The van der Waals surface area contributed by atoms with Crippen LogP contribution in [0.1, 0.15) is 56.8 Å². The SMILES string of the molecule is CC(N)c1ccnn1C1CCCCC1. The van der Waals surface area contributed by atoms with Gasteiger partial charge in [-0.1, -0.05) is 19.3 Å². The van der Waals surface area contributed by atoms with Gasteiger partial charge in [0.2, 0.25) is 0 Å². The van der Waals surface area contributed by atoms with Gasteiger partial charge in [-0.2, -0.15) is 5.10 Å². The van der Waals surface area contributed by atoms with E-state index in [-0.39, 0.29) is 6.04 Å². The Labute approximate surface area is 85.3 Å². The van der Waals surface area contributed by atoms with Crippen molar-refractivity contribution < 1.29 is 0 Å². The second kappa shape index (κ2) is 4.13. The molecular formula is C11H19N3. The first-order chi connectivity index (χ1) is 6.79. The fourth-order valence-corrected chi connectivity index (χ4v) is 2.32. The molecule has 1 aromatic rings. The minimum absolute atomic E-state index is 0.0967. The summed E-state index contributed by atoms with van der Waals surface area (Å²) < 4.78 is 2.14. The van der Waals surface area contributed by atoms with Gasteiger partial charge in [0.1, 0.15) is 0 Å². The van der Waals surface area contributed by atoms with Crippen molar-refractivity contribution >= 4 is 0 Å². The Balaban J connectivity index is 2.17. The first kappa shape index (κ1) is 9.71. The van der Waals surface area contributed by atoms with Crippen molar-refractivity contribution in [3.8, 4) is 0 Å².